The Kier molecular flexibility index (Phi) is 7.51. The summed E-state index contributed by atoms with van der Waals surface area (Å²) in [6.07, 6.45) is 1.10. The van der Waals surface area contributed by atoms with Crippen LogP contribution in [-0.2, 0) is 37.9 Å². The lowest BCUT2D eigenvalue weighted by Gasteiger charge is -2.26. The smallest absolute Gasteiger partial charge is 0.243 e. The van der Waals surface area contributed by atoms with E-state index in [1.165, 1.54) is 9.87 Å². The minimum Gasteiger partial charge on any atom is -0.379 e. The van der Waals surface area contributed by atoms with Crippen molar-refractivity contribution in [3.8, 4) is 0 Å². The number of benzene rings is 2. The molecule has 6 nitrogen and oxygen atoms in total. The Hall–Kier alpha value is -2.22. The van der Waals surface area contributed by atoms with Crippen molar-refractivity contribution in [3.63, 3.8) is 0 Å². The molecule has 168 valence electrons. The summed E-state index contributed by atoms with van der Waals surface area (Å²) in [5, 5.41) is 2.91. The summed E-state index contributed by atoms with van der Waals surface area (Å²) in [4.78, 5) is 12.5. The molecule has 0 saturated carbocycles. The zero-order valence-electron chi connectivity index (χ0n) is 18.6. The molecule has 3 rings (SSSR count). The van der Waals surface area contributed by atoms with Crippen LogP contribution in [0.4, 0.5) is 0 Å². The number of nitrogens with one attached hydrogen (secondary N) is 1. The standard InChI is InChI=1S/C24H32N2O4S/c1-24(2,3)21-9-4-19(5-10-21)8-13-23(27)25-18-20-6-11-22(12-7-20)31(28,29)26-14-16-30-17-15-26/h4-7,9-12H,8,13-18H2,1-3H3,(H,25,27). The zero-order valence-corrected chi connectivity index (χ0v) is 19.4. The topological polar surface area (TPSA) is 75.7 Å². The second-order valence-corrected chi connectivity index (χ2v) is 10.8. The lowest BCUT2D eigenvalue weighted by atomic mass is 9.86. The van der Waals surface area contributed by atoms with Gasteiger partial charge in [-0.05, 0) is 40.7 Å². The summed E-state index contributed by atoms with van der Waals surface area (Å²) >= 11 is 0. The molecule has 7 heteroatoms. The Bertz CT molecular complexity index is 972. The van der Waals surface area contributed by atoms with E-state index in [0.29, 0.717) is 45.7 Å². The van der Waals surface area contributed by atoms with Crippen LogP contribution in [0, 0.1) is 0 Å². The van der Waals surface area contributed by atoms with E-state index >= 15 is 0 Å². The highest BCUT2D eigenvalue weighted by atomic mass is 32.2. The van der Waals surface area contributed by atoms with Crippen LogP contribution in [0.3, 0.4) is 0 Å². The highest BCUT2D eigenvalue weighted by Crippen LogP contribution is 2.22. The van der Waals surface area contributed by atoms with Gasteiger partial charge in [-0.25, -0.2) is 8.42 Å². The fourth-order valence-corrected chi connectivity index (χ4v) is 4.84. The van der Waals surface area contributed by atoms with Crippen LogP contribution in [0.1, 0.15) is 43.9 Å². The number of nitrogens with zero attached hydrogens (tertiary/aromatic N) is 1. The molecule has 1 fully saturated rings. The van der Waals surface area contributed by atoms with Gasteiger partial charge >= 0.3 is 0 Å². The van der Waals surface area contributed by atoms with E-state index in [2.05, 4.69) is 50.4 Å². The monoisotopic (exact) mass is 444 g/mol. The van der Waals surface area contributed by atoms with Crippen molar-refractivity contribution in [3.05, 3.63) is 65.2 Å². The van der Waals surface area contributed by atoms with Gasteiger partial charge in [0.1, 0.15) is 0 Å². The third-order valence-corrected chi connectivity index (χ3v) is 7.39. The van der Waals surface area contributed by atoms with Gasteiger partial charge in [-0.1, -0.05) is 57.2 Å². The number of hydrogen-bond donors (Lipinski definition) is 1. The van der Waals surface area contributed by atoms with Crippen molar-refractivity contribution >= 4 is 15.9 Å². The van der Waals surface area contributed by atoms with Crippen LogP contribution in [0.15, 0.2) is 53.4 Å². The van der Waals surface area contributed by atoms with E-state index in [4.69, 9.17) is 4.74 Å². The normalized spacial score (nSPS) is 15.6. The lowest BCUT2D eigenvalue weighted by molar-refractivity contribution is -0.121. The van der Waals surface area contributed by atoms with Crippen LogP contribution < -0.4 is 5.32 Å². The van der Waals surface area contributed by atoms with Crippen molar-refractivity contribution in [2.75, 3.05) is 26.3 Å². The predicted octanol–water partition coefficient (Wildman–Crippen LogP) is 3.25. The molecule has 0 bridgehead atoms. The summed E-state index contributed by atoms with van der Waals surface area (Å²) in [5.41, 5.74) is 3.40. The second kappa shape index (κ2) is 9.94. The maximum Gasteiger partial charge on any atom is 0.243 e. The van der Waals surface area contributed by atoms with Crippen LogP contribution in [0.5, 0.6) is 0 Å². The molecule has 0 unspecified atom stereocenters. The van der Waals surface area contributed by atoms with Gasteiger partial charge in [-0.3, -0.25) is 4.79 Å². The lowest BCUT2D eigenvalue weighted by Crippen LogP contribution is -2.40. The summed E-state index contributed by atoms with van der Waals surface area (Å²) in [7, 11) is -3.50. The van der Waals surface area contributed by atoms with E-state index < -0.39 is 10.0 Å². The Labute approximate surface area is 185 Å². The van der Waals surface area contributed by atoms with Crippen molar-refractivity contribution in [2.24, 2.45) is 0 Å². The van der Waals surface area contributed by atoms with Gasteiger partial charge in [0.05, 0.1) is 18.1 Å². The minimum atomic E-state index is -3.50. The molecular formula is C24H32N2O4S. The van der Waals surface area contributed by atoms with Gasteiger partial charge in [0, 0.05) is 26.1 Å². The third kappa shape index (κ3) is 6.38. The Morgan fingerprint density at radius 1 is 0.968 bits per heavy atom. The van der Waals surface area contributed by atoms with Gasteiger partial charge in [-0.15, -0.1) is 0 Å². The largest absolute Gasteiger partial charge is 0.379 e. The molecule has 2 aromatic carbocycles. The predicted molar refractivity (Wildman–Crippen MR) is 121 cm³/mol. The van der Waals surface area contributed by atoms with Crippen LogP contribution in [0.2, 0.25) is 0 Å². The van der Waals surface area contributed by atoms with E-state index in [-0.39, 0.29) is 16.2 Å². The minimum absolute atomic E-state index is 0.0232. The van der Waals surface area contributed by atoms with E-state index in [1.807, 2.05) is 0 Å². The van der Waals surface area contributed by atoms with Crippen LogP contribution in [-0.4, -0.2) is 44.9 Å². The molecule has 0 aromatic heterocycles. The Morgan fingerprint density at radius 3 is 2.13 bits per heavy atom. The molecule has 1 amide bonds. The third-order valence-electron chi connectivity index (χ3n) is 5.48. The number of aryl methyl sites for hydroxylation is 1. The maximum atomic E-state index is 12.7. The maximum absolute atomic E-state index is 12.7. The number of morpholine rings is 1. The number of sulfonamides is 1. The first-order valence-corrected chi connectivity index (χ1v) is 12.1. The van der Waals surface area contributed by atoms with Crippen molar-refractivity contribution in [1.29, 1.82) is 0 Å². The molecule has 1 saturated heterocycles. The molecule has 0 aliphatic carbocycles. The molecule has 1 aliphatic heterocycles. The SMILES string of the molecule is CC(C)(C)c1ccc(CCC(=O)NCc2ccc(S(=O)(=O)N3CCOCC3)cc2)cc1. The molecule has 0 spiro atoms. The van der Waals surface area contributed by atoms with Gasteiger partial charge in [0.25, 0.3) is 0 Å². The number of carbonyl (C=O) groups excluding carboxylic acids is 1. The fourth-order valence-electron chi connectivity index (χ4n) is 3.43. The van der Waals surface area contributed by atoms with Crippen LogP contribution >= 0.6 is 0 Å². The summed E-state index contributed by atoms with van der Waals surface area (Å²) in [5.74, 6) is -0.0232. The quantitative estimate of drug-likeness (QED) is 0.711. The Morgan fingerprint density at radius 2 is 1.55 bits per heavy atom. The second-order valence-electron chi connectivity index (χ2n) is 8.88. The van der Waals surface area contributed by atoms with Gasteiger partial charge in [0.2, 0.25) is 15.9 Å². The molecule has 0 radical (unpaired) electrons. The first-order valence-electron chi connectivity index (χ1n) is 10.7. The molecule has 0 atom stereocenters. The molecule has 1 heterocycles. The highest BCUT2D eigenvalue weighted by Gasteiger charge is 2.26. The molecule has 31 heavy (non-hydrogen) atoms. The van der Waals surface area contributed by atoms with Crippen molar-refractivity contribution < 1.29 is 17.9 Å². The summed E-state index contributed by atoms with van der Waals surface area (Å²) in [6.45, 7) is 8.51. The molecule has 2 aromatic rings. The van der Waals surface area contributed by atoms with Crippen LogP contribution in [0.25, 0.3) is 0 Å². The van der Waals surface area contributed by atoms with Gasteiger partial charge < -0.3 is 10.1 Å². The number of carbonyl (C=O) groups is 1. The van der Waals surface area contributed by atoms with E-state index in [9.17, 15) is 13.2 Å². The van der Waals surface area contributed by atoms with Crippen molar-refractivity contribution in [2.45, 2.75) is 50.5 Å². The van der Waals surface area contributed by atoms with Gasteiger partial charge in [0.15, 0.2) is 0 Å². The number of ether oxygens (including phenoxy) is 1. The number of amides is 1. The average Bonchev–Trinajstić information content (AvgIpc) is 2.77. The molecule has 1 N–H and O–H groups in total. The zero-order chi connectivity index (χ0) is 22.5. The van der Waals surface area contributed by atoms with E-state index in [0.717, 1.165) is 11.1 Å². The Balaban J connectivity index is 1.48. The van der Waals surface area contributed by atoms with Gasteiger partial charge in [-0.2, -0.15) is 4.31 Å². The highest BCUT2D eigenvalue weighted by molar-refractivity contribution is 7.89. The first-order chi connectivity index (χ1) is 14.7. The molecular weight excluding hydrogens is 412 g/mol. The van der Waals surface area contributed by atoms with Crippen molar-refractivity contribution in [1.82, 2.24) is 9.62 Å². The summed E-state index contributed by atoms with van der Waals surface area (Å²) < 4.78 is 32.0. The fraction of sp³-hybridized carbons (Fsp3) is 0.458. The average molecular weight is 445 g/mol. The summed E-state index contributed by atoms with van der Waals surface area (Å²) in [6, 6.07) is 15.1. The van der Waals surface area contributed by atoms with E-state index in [1.54, 1.807) is 24.3 Å². The number of hydrogen-bond acceptors (Lipinski definition) is 4. The molecule has 1 aliphatic rings. The number of rotatable bonds is 7. The first kappa shape index (κ1) is 23.4.